The number of hydrogen-bond acceptors (Lipinski definition) is 4. The average molecular weight is 252 g/mol. The molecule has 2 heterocycles. The third-order valence-electron chi connectivity index (χ3n) is 5.09. The molecule has 4 aliphatic rings. The molecule has 18 heavy (non-hydrogen) atoms. The number of ether oxygens (including phenoxy) is 3. The lowest BCUT2D eigenvalue weighted by atomic mass is 9.76. The molecule has 100 valence electrons. The van der Waals surface area contributed by atoms with Crippen molar-refractivity contribution in [3.05, 3.63) is 0 Å². The van der Waals surface area contributed by atoms with Crippen LogP contribution in [0.1, 0.15) is 51.9 Å². The van der Waals surface area contributed by atoms with E-state index in [1.165, 1.54) is 6.42 Å². The van der Waals surface area contributed by atoms with E-state index >= 15 is 0 Å². The molecule has 2 aliphatic carbocycles. The van der Waals surface area contributed by atoms with Gasteiger partial charge < -0.3 is 14.2 Å². The van der Waals surface area contributed by atoms with E-state index in [0.29, 0.717) is 12.2 Å². The Kier molecular flexibility index (Phi) is 2.17. The maximum Gasteiger partial charge on any atom is 0.314 e. The Labute approximate surface area is 107 Å². The molecule has 4 rings (SSSR count). The zero-order valence-electron chi connectivity index (χ0n) is 10.8. The zero-order chi connectivity index (χ0) is 12.4. The van der Waals surface area contributed by atoms with E-state index in [-0.39, 0.29) is 17.5 Å². The minimum Gasteiger partial charge on any atom is -0.430 e. The van der Waals surface area contributed by atoms with Gasteiger partial charge in [0.1, 0.15) is 6.10 Å². The molecule has 0 bridgehead atoms. The third-order valence-corrected chi connectivity index (χ3v) is 5.09. The molecule has 5 unspecified atom stereocenters. The standard InChI is InChI=1S/C14H20O4/c1-13(7-5-9-10(8-13)16-9)12(15)18-14-6-3-2-4-11(14)17-14/h9-11H,2-8H2,1H3. The minimum atomic E-state index is -0.542. The van der Waals surface area contributed by atoms with Gasteiger partial charge in [-0.25, -0.2) is 0 Å². The normalized spacial score (nSPS) is 53.1. The Hall–Kier alpha value is -0.610. The summed E-state index contributed by atoms with van der Waals surface area (Å²) in [5, 5.41) is 0. The van der Waals surface area contributed by atoms with Crippen LogP contribution < -0.4 is 0 Å². The van der Waals surface area contributed by atoms with Crippen molar-refractivity contribution in [2.24, 2.45) is 5.41 Å². The van der Waals surface area contributed by atoms with Crippen LogP contribution in [0, 0.1) is 5.41 Å². The number of fused-ring (bicyclic) bond motifs is 2. The van der Waals surface area contributed by atoms with Crippen LogP contribution in [-0.2, 0) is 19.0 Å². The number of hydrogen-bond donors (Lipinski definition) is 0. The Morgan fingerprint density at radius 3 is 2.89 bits per heavy atom. The largest absolute Gasteiger partial charge is 0.430 e. The molecule has 2 saturated heterocycles. The molecule has 0 radical (unpaired) electrons. The van der Waals surface area contributed by atoms with Crippen LogP contribution in [0.5, 0.6) is 0 Å². The summed E-state index contributed by atoms with van der Waals surface area (Å²) in [6.07, 6.45) is 7.80. The van der Waals surface area contributed by atoms with Gasteiger partial charge in [0.2, 0.25) is 5.79 Å². The third kappa shape index (κ3) is 1.62. The monoisotopic (exact) mass is 252 g/mol. The molecule has 2 saturated carbocycles. The molecule has 2 aliphatic heterocycles. The van der Waals surface area contributed by atoms with Crippen molar-refractivity contribution < 1.29 is 19.0 Å². The van der Waals surface area contributed by atoms with E-state index < -0.39 is 5.79 Å². The second kappa shape index (κ2) is 3.48. The van der Waals surface area contributed by atoms with E-state index in [0.717, 1.165) is 38.5 Å². The molecule has 0 aromatic heterocycles. The highest BCUT2D eigenvalue weighted by Gasteiger charge is 2.63. The summed E-state index contributed by atoms with van der Waals surface area (Å²) in [5.74, 6) is -0.611. The second-order valence-corrected chi connectivity index (χ2v) is 6.57. The molecular formula is C14H20O4. The van der Waals surface area contributed by atoms with E-state index in [1.54, 1.807) is 0 Å². The molecule has 0 N–H and O–H groups in total. The summed E-state index contributed by atoms with van der Waals surface area (Å²) in [7, 11) is 0. The summed E-state index contributed by atoms with van der Waals surface area (Å²) in [6.45, 7) is 2.02. The Morgan fingerprint density at radius 1 is 1.22 bits per heavy atom. The predicted octanol–water partition coefficient (Wildman–Crippen LogP) is 2.16. The topological polar surface area (TPSA) is 51.4 Å². The Morgan fingerprint density at radius 2 is 2.11 bits per heavy atom. The summed E-state index contributed by atoms with van der Waals surface area (Å²) in [4.78, 5) is 12.4. The van der Waals surface area contributed by atoms with Gasteiger partial charge in [-0.15, -0.1) is 0 Å². The lowest BCUT2D eigenvalue weighted by Gasteiger charge is -2.31. The molecule has 4 heteroatoms. The first-order chi connectivity index (χ1) is 8.61. The zero-order valence-corrected chi connectivity index (χ0v) is 10.8. The fourth-order valence-electron chi connectivity index (χ4n) is 3.63. The van der Waals surface area contributed by atoms with Gasteiger partial charge in [-0.2, -0.15) is 0 Å². The van der Waals surface area contributed by atoms with Crippen molar-refractivity contribution in [1.82, 2.24) is 0 Å². The fraction of sp³-hybridized carbons (Fsp3) is 0.929. The van der Waals surface area contributed by atoms with Crippen LogP contribution in [0.25, 0.3) is 0 Å². The van der Waals surface area contributed by atoms with Gasteiger partial charge in [-0.05, 0) is 39.0 Å². The number of carbonyl (C=O) groups is 1. The SMILES string of the molecule is CC1(C(=O)OC23CCCCC2O3)CCC2OC2C1. The number of rotatable bonds is 2. The molecule has 0 spiro atoms. The van der Waals surface area contributed by atoms with Crippen molar-refractivity contribution in [2.75, 3.05) is 0 Å². The fourth-order valence-corrected chi connectivity index (χ4v) is 3.63. The highest BCUT2D eigenvalue weighted by Crippen LogP contribution is 2.52. The van der Waals surface area contributed by atoms with Crippen molar-refractivity contribution in [3.8, 4) is 0 Å². The summed E-state index contributed by atoms with van der Waals surface area (Å²) in [5.41, 5.74) is -0.361. The van der Waals surface area contributed by atoms with Crippen molar-refractivity contribution in [2.45, 2.75) is 76.0 Å². The lowest BCUT2D eigenvalue weighted by molar-refractivity contribution is -0.173. The van der Waals surface area contributed by atoms with Crippen molar-refractivity contribution in [3.63, 3.8) is 0 Å². The second-order valence-electron chi connectivity index (χ2n) is 6.57. The van der Waals surface area contributed by atoms with Crippen LogP contribution in [0.15, 0.2) is 0 Å². The van der Waals surface area contributed by atoms with E-state index in [9.17, 15) is 4.79 Å². The van der Waals surface area contributed by atoms with Gasteiger partial charge in [0.25, 0.3) is 0 Å². The molecule has 5 atom stereocenters. The van der Waals surface area contributed by atoms with Gasteiger partial charge in [-0.1, -0.05) is 6.42 Å². The van der Waals surface area contributed by atoms with Crippen LogP contribution >= 0.6 is 0 Å². The van der Waals surface area contributed by atoms with Crippen molar-refractivity contribution >= 4 is 5.97 Å². The highest BCUT2D eigenvalue weighted by atomic mass is 16.8. The Bertz CT molecular complexity index is 395. The first-order valence-corrected chi connectivity index (χ1v) is 7.18. The molecular weight excluding hydrogens is 232 g/mol. The van der Waals surface area contributed by atoms with Crippen LogP contribution in [0.4, 0.5) is 0 Å². The molecule has 0 amide bonds. The molecule has 0 aromatic carbocycles. The Balaban J connectivity index is 1.43. The number of epoxide rings is 2. The first-order valence-electron chi connectivity index (χ1n) is 7.18. The maximum atomic E-state index is 12.4. The van der Waals surface area contributed by atoms with E-state index in [2.05, 4.69) is 0 Å². The van der Waals surface area contributed by atoms with Crippen LogP contribution in [0.2, 0.25) is 0 Å². The van der Waals surface area contributed by atoms with Gasteiger partial charge in [0.05, 0.1) is 17.6 Å². The van der Waals surface area contributed by atoms with Crippen molar-refractivity contribution in [1.29, 1.82) is 0 Å². The van der Waals surface area contributed by atoms with Crippen LogP contribution in [0.3, 0.4) is 0 Å². The summed E-state index contributed by atoms with van der Waals surface area (Å²) >= 11 is 0. The first kappa shape index (κ1) is 11.2. The van der Waals surface area contributed by atoms with Gasteiger partial charge in [-0.3, -0.25) is 4.79 Å². The molecule has 4 fully saturated rings. The maximum absolute atomic E-state index is 12.4. The highest BCUT2D eigenvalue weighted by molar-refractivity contribution is 5.77. The molecule has 4 nitrogen and oxygen atoms in total. The predicted molar refractivity (Wildman–Crippen MR) is 62.8 cm³/mol. The molecule has 0 aromatic rings. The summed E-state index contributed by atoms with van der Waals surface area (Å²) in [6, 6.07) is 0. The smallest absolute Gasteiger partial charge is 0.314 e. The lowest BCUT2D eigenvalue weighted by Crippen LogP contribution is -2.39. The van der Waals surface area contributed by atoms with Gasteiger partial charge >= 0.3 is 5.97 Å². The average Bonchev–Trinajstić information content (AvgIpc) is 3.21. The van der Waals surface area contributed by atoms with Crippen LogP contribution in [-0.4, -0.2) is 30.1 Å². The number of esters is 1. The van der Waals surface area contributed by atoms with Gasteiger partial charge in [0, 0.05) is 6.42 Å². The van der Waals surface area contributed by atoms with E-state index in [1.807, 2.05) is 6.92 Å². The van der Waals surface area contributed by atoms with Gasteiger partial charge in [0.15, 0.2) is 0 Å². The van der Waals surface area contributed by atoms with E-state index in [4.69, 9.17) is 14.2 Å². The summed E-state index contributed by atoms with van der Waals surface area (Å²) < 4.78 is 16.9. The number of carbonyl (C=O) groups excluding carboxylic acids is 1. The minimum absolute atomic E-state index is 0.0687. The quantitative estimate of drug-likeness (QED) is 0.558.